The van der Waals surface area contributed by atoms with Gasteiger partial charge in [0.15, 0.2) is 5.82 Å². The molecule has 0 saturated carbocycles. The van der Waals surface area contributed by atoms with Crippen LogP contribution in [0.2, 0.25) is 5.28 Å². The fourth-order valence-corrected chi connectivity index (χ4v) is 2.41. The maximum Gasteiger partial charge on any atom is 0.223 e. The van der Waals surface area contributed by atoms with Gasteiger partial charge in [0.1, 0.15) is 17.0 Å². The molecule has 0 amide bonds. The Labute approximate surface area is 129 Å². The van der Waals surface area contributed by atoms with Crippen molar-refractivity contribution in [3.05, 3.63) is 53.1 Å². The van der Waals surface area contributed by atoms with Crippen molar-refractivity contribution >= 4 is 22.5 Å². The van der Waals surface area contributed by atoms with Crippen LogP contribution in [0.3, 0.4) is 0 Å². The molecule has 2 aromatic heterocycles. The standard InChI is InChI=1S/C15H10ClF2N3O/c1-7(22)9-2-3-19-14-10(9)4-8(5-11(14)17)13-12(18)6-20-15(16)21-13/h2-7,22H,1H3. The van der Waals surface area contributed by atoms with E-state index in [9.17, 15) is 13.9 Å². The highest BCUT2D eigenvalue weighted by molar-refractivity contribution is 6.28. The summed E-state index contributed by atoms with van der Waals surface area (Å²) in [5, 5.41) is 10.1. The molecular weight excluding hydrogens is 312 g/mol. The lowest BCUT2D eigenvalue weighted by Gasteiger charge is -2.11. The number of benzene rings is 1. The summed E-state index contributed by atoms with van der Waals surface area (Å²) in [4.78, 5) is 11.3. The van der Waals surface area contributed by atoms with Crippen LogP contribution in [0, 0.1) is 11.6 Å². The van der Waals surface area contributed by atoms with E-state index in [4.69, 9.17) is 11.6 Å². The summed E-state index contributed by atoms with van der Waals surface area (Å²) in [5.41, 5.74) is 0.678. The molecule has 7 heteroatoms. The molecule has 1 atom stereocenters. The topological polar surface area (TPSA) is 58.9 Å². The Hall–Kier alpha value is -2.18. The first-order valence-corrected chi connectivity index (χ1v) is 6.80. The Morgan fingerprint density at radius 3 is 2.68 bits per heavy atom. The third-order valence-corrected chi connectivity index (χ3v) is 3.45. The van der Waals surface area contributed by atoms with Crippen LogP contribution in [0.25, 0.3) is 22.2 Å². The second kappa shape index (κ2) is 5.55. The lowest BCUT2D eigenvalue weighted by molar-refractivity contribution is 0.201. The highest BCUT2D eigenvalue weighted by atomic mass is 35.5. The average molecular weight is 322 g/mol. The zero-order valence-corrected chi connectivity index (χ0v) is 12.1. The van der Waals surface area contributed by atoms with E-state index in [1.54, 1.807) is 13.0 Å². The first-order chi connectivity index (χ1) is 10.5. The van der Waals surface area contributed by atoms with Crippen molar-refractivity contribution in [2.75, 3.05) is 0 Å². The second-order valence-corrected chi connectivity index (χ2v) is 5.10. The molecule has 1 N–H and O–H groups in total. The van der Waals surface area contributed by atoms with Gasteiger partial charge < -0.3 is 5.11 Å². The van der Waals surface area contributed by atoms with E-state index in [1.807, 2.05) is 0 Å². The van der Waals surface area contributed by atoms with Gasteiger partial charge in [-0.2, -0.15) is 0 Å². The molecule has 0 aliphatic heterocycles. The number of hydrogen-bond acceptors (Lipinski definition) is 4. The average Bonchev–Trinajstić information content (AvgIpc) is 2.49. The van der Waals surface area contributed by atoms with Gasteiger partial charge in [0.05, 0.1) is 12.3 Å². The molecule has 3 aromatic rings. The van der Waals surface area contributed by atoms with Crippen molar-refractivity contribution in [1.82, 2.24) is 15.0 Å². The van der Waals surface area contributed by atoms with Crippen LogP contribution in [0.1, 0.15) is 18.6 Å². The van der Waals surface area contributed by atoms with Gasteiger partial charge >= 0.3 is 0 Å². The fraction of sp³-hybridized carbons (Fsp3) is 0.133. The van der Waals surface area contributed by atoms with Gasteiger partial charge in [0.25, 0.3) is 0 Å². The molecular formula is C15H10ClF2N3O. The molecule has 0 aliphatic rings. The maximum atomic E-state index is 14.3. The van der Waals surface area contributed by atoms with Crippen LogP contribution in [-0.4, -0.2) is 20.1 Å². The molecule has 0 spiro atoms. The van der Waals surface area contributed by atoms with Crippen molar-refractivity contribution in [2.24, 2.45) is 0 Å². The lowest BCUT2D eigenvalue weighted by atomic mass is 10.0. The number of halogens is 3. The number of rotatable bonds is 2. The summed E-state index contributed by atoms with van der Waals surface area (Å²) < 4.78 is 28.1. The number of nitrogens with zero attached hydrogens (tertiary/aromatic N) is 3. The molecule has 22 heavy (non-hydrogen) atoms. The van der Waals surface area contributed by atoms with E-state index >= 15 is 0 Å². The highest BCUT2D eigenvalue weighted by Gasteiger charge is 2.16. The molecule has 1 unspecified atom stereocenters. The van der Waals surface area contributed by atoms with E-state index in [0.717, 1.165) is 12.3 Å². The van der Waals surface area contributed by atoms with E-state index in [-0.39, 0.29) is 22.1 Å². The first kappa shape index (κ1) is 14.7. The Kier molecular flexibility index (Phi) is 3.72. The molecule has 3 rings (SSSR count). The van der Waals surface area contributed by atoms with Gasteiger partial charge in [-0.15, -0.1) is 0 Å². The monoisotopic (exact) mass is 321 g/mol. The minimum atomic E-state index is -0.820. The number of aliphatic hydroxyl groups excluding tert-OH is 1. The SMILES string of the molecule is CC(O)c1ccnc2c(F)cc(-c3nc(Cl)ncc3F)cc12. The van der Waals surface area contributed by atoms with Crippen molar-refractivity contribution < 1.29 is 13.9 Å². The predicted octanol–water partition coefficient (Wildman–Crippen LogP) is 3.68. The minimum absolute atomic E-state index is 0.0997. The number of hydrogen-bond donors (Lipinski definition) is 1. The zero-order chi connectivity index (χ0) is 15.9. The van der Waals surface area contributed by atoms with Crippen LogP contribution >= 0.6 is 11.6 Å². The molecule has 0 saturated heterocycles. The van der Waals surface area contributed by atoms with Crippen LogP contribution < -0.4 is 0 Å². The third-order valence-electron chi connectivity index (χ3n) is 3.27. The van der Waals surface area contributed by atoms with Gasteiger partial charge in [-0.3, -0.25) is 4.98 Å². The molecule has 1 aromatic carbocycles. The lowest BCUT2D eigenvalue weighted by Crippen LogP contribution is -1.98. The van der Waals surface area contributed by atoms with Crippen molar-refractivity contribution in [3.63, 3.8) is 0 Å². The summed E-state index contributed by atoms with van der Waals surface area (Å²) in [6, 6.07) is 4.23. The van der Waals surface area contributed by atoms with Crippen LogP contribution in [0.15, 0.2) is 30.6 Å². The van der Waals surface area contributed by atoms with Gasteiger partial charge in [-0.05, 0) is 42.3 Å². The Morgan fingerprint density at radius 2 is 1.95 bits per heavy atom. The van der Waals surface area contributed by atoms with E-state index < -0.39 is 17.7 Å². The first-order valence-electron chi connectivity index (χ1n) is 6.42. The summed E-state index contributed by atoms with van der Waals surface area (Å²) in [5.74, 6) is -1.35. The maximum absolute atomic E-state index is 14.3. The van der Waals surface area contributed by atoms with Gasteiger partial charge in [-0.25, -0.2) is 18.7 Å². The zero-order valence-electron chi connectivity index (χ0n) is 11.4. The van der Waals surface area contributed by atoms with Gasteiger partial charge in [0.2, 0.25) is 5.28 Å². The number of pyridine rings is 1. The minimum Gasteiger partial charge on any atom is -0.389 e. The summed E-state index contributed by atoms with van der Waals surface area (Å²) in [6.07, 6.45) is 1.51. The molecule has 4 nitrogen and oxygen atoms in total. The van der Waals surface area contributed by atoms with E-state index in [2.05, 4.69) is 15.0 Å². The quantitative estimate of drug-likeness (QED) is 0.732. The molecule has 0 aliphatic carbocycles. The molecule has 112 valence electrons. The van der Waals surface area contributed by atoms with E-state index in [1.165, 1.54) is 12.3 Å². The number of aromatic nitrogens is 3. The molecule has 2 heterocycles. The summed E-state index contributed by atoms with van der Waals surface area (Å²) in [7, 11) is 0. The molecule has 0 bridgehead atoms. The van der Waals surface area contributed by atoms with Crippen LogP contribution in [0.4, 0.5) is 8.78 Å². The number of fused-ring (bicyclic) bond motifs is 1. The number of aliphatic hydroxyl groups is 1. The van der Waals surface area contributed by atoms with Gasteiger partial charge in [-0.1, -0.05) is 0 Å². The van der Waals surface area contributed by atoms with Gasteiger partial charge in [0, 0.05) is 17.1 Å². The summed E-state index contributed by atoms with van der Waals surface area (Å²) >= 11 is 5.67. The third kappa shape index (κ3) is 2.51. The van der Waals surface area contributed by atoms with Crippen molar-refractivity contribution in [3.8, 4) is 11.3 Å². The molecule has 0 radical (unpaired) electrons. The smallest absolute Gasteiger partial charge is 0.223 e. The highest BCUT2D eigenvalue weighted by Crippen LogP contribution is 2.30. The van der Waals surface area contributed by atoms with Crippen molar-refractivity contribution in [1.29, 1.82) is 0 Å². The van der Waals surface area contributed by atoms with Crippen LogP contribution in [0.5, 0.6) is 0 Å². The summed E-state index contributed by atoms with van der Waals surface area (Å²) in [6.45, 7) is 1.56. The largest absolute Gasteiger partial charge is 0.389 e. The Bertz CT molecular complexity index is 871. The Balaban J connectivity index is 2.32. The van der Waals surface area contributed by atoms with E-state index in [0.29, 0.717) is 10.9 Å². The van der Waals surface area contributed by atoms with Crippen LogP contribution in [-0.2, 0) is 0 Å². The predicted molar refractivity (Wildman–Crippen MR) is 78.3 cm³/mol. The van der Waals surface area contributed by atoms with Crippen molar-refractivity contribution in [2.45, 2.75) is 13.0 Å². The second-order valence-electron chi connectivity index (χ2n) is 4.77. The fourth-order valence-electron chi connectivity index (χ4n) is 2.28. The Morgan fingerprint density at radius 1 is 1.18 bits per heavy atom. The normalized spacial score (nSPS) is 12.6. The molecule has 0 fully saturated rings.